The van der Waals surface area contributed by atoms with Gasteiger partial charge in [-0.15, -0.1) is 0 Å². The maximum Gasteiger partial charge on any atom is 0.254 e. The first kappa shape index (κ1) is 13.3. The van der Waals surface area contributed by atoms with Gasteiger partial charge in [-0.05, 0) is 43.2 Å². The molecule has 1 aliphatic rings. The lowest BCUT2D eigenvalue weighted by molar-refractivity contribution is 0.0708. The van der Waals surface area contributed by atoms with Crippen molar-refractivity contribution in [2.45, 2.75) is 18.9 Å². The highest BCUT2D eigenvalue weighted by atomic mass is 35.5. The van der Waals surface area contributed by atoms with Crippen LogP contribution >= 0.6 is 11.6 Å². The number of hydrogen-bond donors (Lipinski definition) is 1. The van der Waals surface area contributed by atoms with Gasteiger partial charge in [0.2, 0.25) is 0 Å². The highest BCUT2D eigenvalue weighted by Gasteiger charge is 2.32. The minimum atomic E-state index is -0.0293. The van der Waals surface area contributed by atoms with Gasteiger partial charge in [-0.25, -0.2) is 4.98 Å². The summed E-state index contributed by atoms with van der Waals surface area (Å²) in [6.45, 7) is 0.382. The molecule has 1 amide bonds. The number of pyridine rings is 1. The number of carbonyl (C=O) groups is 1. The Balaban J connectivity index is 1.92. The van der Waals surface area contributed by atoms with Crippen molar-refractivity contribution in [1.82, 2.24) is 9.88 Å². The molecule has 2 aromatic rings. The van der Waals surface area contributed by atoms with Crippen molar-refractivity contribution < 1.29 is 9.90 Å². The lowest BCUT2D eigenvalue weighted by atomic mass is 10.1. The molecule has 4 nitrogen and oxygen atoms in total. The third-order valence-corrected chi connectivity index (χ3v) is 3.70. The van der Waals surface area contributed by atoms with E-state index in [4.69, 9.17) is 16.7 Å². The Kier molecular flexibility index (Phi) is 3.59. The largest absolute Gasteiger partial charge is 0.395 e. The molecular formula is C15H15ClN2O2. The Bertz CT molecular complexity index is 655. The van der Waals surface area contributed by atoms with Crippen LogP contribution < -0.4 is 0 Å². The molecule has 0 aliphatic heterocycles. The first-order chi connectivity index (χ1) is 9.69. The molecule has 0 radical (unpaired) electrons. The molecule has 1 aliphatic carbocycles. The fraction of sp³-hybridized carbons (Fsp3) is 0.333. The van der Waals surface area contributed by atoms with Gasteiger partial charge in [0, 0.05) is 23.5 Å². The van der Waals surface area contributed by atoms with E-state index in [0.717, 1.165) is 23.7 Å². The number of amides is 1. The molecule has 0 bridgehead atoms. The van der Waals surface area contributed by atoms with Gasteiger partial charge in [0.25, 0.3) is 5.91 Å². The number of aliphatic hydroxyl groups is 1. The molecule has 0 saturated heterocycles. The first-order valence-electron chi connectivity index (χ1n) is 6.67. The number of rotatable bonds is 4. The smallest absolute Gasteiger partial charge is 0.254 e. The van der Waals surface area contributed by atoms with Crippen LogP contribution in [0.3, 0.4) is 0 Å². The van der Waals surface area contributed by atoms with Gasteiger partial charge in [0.1, 0.15) is 5.15 Å². The number of carbonyl (C=O) groups excluding carboxylic acids is 1. The second kappa shape index (κ2) is 5.38. The van der Waals surface area contributed by atoms with Gasteiger partial charge in [-0.2, -0.15) is 0 Å². The van der Waals surface area contributed by atoms with Gasteiger partial charge < -0.3 is 10.0 Å². The molecular weight excluding hydrogens is 276 g/mol. The van der Waals surface area contributed by atoms with Crippen LogP contribution in [0.4, 0.5) is 0 Å². The molecule has 1 aromatic carbocycles. The predicted octanol–water partition coefficient (Wildman–Crippen LogP) is 2.49. The highest BCUT2D eigenvalue weighted by Crippen LogP contribution is 2.28. The van der Waals surface area contributed by atoms with Gasteiger partial charge in [-0.3, -0.25) is 4.79 Å². The predicted molar refractivity (Wildman–Crippen MR) is 77.9 cm³/mol. The van der Waals surface area contributed by atoms with E-state index in [1.807, 2.05) is 12.1 Å². The summed E-state index contributed by atoms with van der Waals surface area (Å²) in [5.74, 6) is -0.0293. The van der Waals surface area contributed by atoms with E-state index in [2.05, 4.69) is 4.98 Å². The average molecular weight is 291 g/mol. The van der Waals surface area contributed by atoms with Crippen LogP contribution in [0.15, 0.2) is 30.3 Å². The van der Waals surface area contributed by atoms with Crippen molar-refractivity contribution in [1.29, 1.82) is 0 Å². The summed E-state index contributed by atoms with van der Waals surface area (Å²) < 4.78 is 0. The zero-order valence-electron chi connectivity index (χ0n) is 10.9. The summed E-state index contributed by atoms with van der Waals surface area (Å²) in [6, 6.07) is 9.25. The molecule has 0 unspecified atom stereocenters. The molecule has 1 aromatic heterocycles. The van der Waals surface area contributed by atoms with Gasteiger partial charge in [-0.1, -0.05) is 11.6 Å². The maximum absolute atomic E-state index is 12.5. The number of benzene rings is 1. The molecule has 1 heterocycles. The number of fused-ring (bicyclic) bond motifs is 1. The van der Waals surface area contributed by atoms with Crippen LogP contribution in [0.25, 0.3) is 10.9 Å². The number of halogens is 1. The molecule has 1 saturated carbocycles. The Hall–Kier alpha value is -1.65. The average Bonchev–Trinajstić information content (AvgIpc) is 3.28. The van der Waals surface area contributed by atoms with E-state index in [0.29, 0.717) is 17.3 Å². The minimum absolute atomic E-state index is 0.00696. The monoisotopic (exact) mass is 290 g/mol. The van der Waals surface area contributed by atoms with Gasteiger partial charge in [0.05, 0.1) is 12.1 Å². The second-order valence-corrected chi connectivity index (χ2v) is 5.38. The minimum Gasteiger partial charge on any atom is -0.395 e. The summed E-state index contributed by atoms with van der Waals surface area (Å²) in [5.41, 5.74) is 1.40. The van der Waals surface area contributed by atoms with Crippen molar-refractivity contribution in [2.24, 2.45) is 0 Å². The molecule has 3 rings (SSSR count). The topological polar surface area (TPSA) is 53.4 Å². The second-order valence-electron chi connectivity index (χ2n) is 4.99. The van der Waals surface area contributed by atoms with E-state index in [1.165, 1.54) is 0 Å². The van der Waals surface area contributed by atoms with Crippen LogP contribution in [0.2, 0.25) is 5.15 Å². The van der Waals surface area contributed by atoms with E-state index in [-0.39, 0.29) is 18.6 Å². The Morgan fingerprint density at radius 2 is 2.15 bits per heavy atom. The number of nitrogens with zero attached hydrogens (tertiary/aromatic N) is 2. The molecule has 20 heavy (non-hydrogen) atoms. The van der Waals surface area contributed by atoms with E-state index in [1.54, 1.807) is 23.1 Å². The normalized spacial score (nSPS) is 14.5. The van der Waals surface area contributed by atoms with Crippen LogP contribution in [0.5, 0.6) is 0 Å². The SMILES string of the molecule is O=C(c1ccc2nc(Cl)ccc2c1)N(CCO)C1CC1. The fourth-order valence-electron chi connectivity index (χ4n) is 2.34. The quantitative estimate of drug-likeness (QED) is 0.880. The highest BCUT2D eigenvalue weighted by molar-refractivity contribution is 6.29. The molecule has 1 fully saturated rings. The molecule has 1 N–H and O–H groups in total. The fourth-order valence-corrected chi connectivity index (χ4v) is 2.50. The standard InChI is InChI=1S/C15H15ClN2O2/c16-14-6-2-10-9-11(1-5-13(10)17-14)15(20)18(7-8-19)12-3-4-12/h1-2,5-6,9,12,19H,3-4,7-8H2. The summed E-state index contributed by atoms with van der Waals surface area (Å²) in [4.78, 5) is 18.5. The third kappa shape index (κ3) is 2.62. The zero-order chi connectivity index (χ0) is 14.1. The lowest BCUT2D eigenvalue weighted by Gasteiger charge is -2.21. The van der Waals surface area contributed by atoms with E-state index in [9.17, 15) is 4.79 Å². The summed E-state index contributed by atoms with van der Waals surface area (Å²) in [6.07, 6.45) is 2.05. The first-order valence-corrected chi connectivity index (χ1v) is 7.05. The third-order valence-electron chi connectivity index (χ3n) is 3.49. The molecule has 0 atom stereocenters. The van der Waals surface area contributed by atoms with Crippen molar-refractivity contribution in [3.63, 3.8) is 0 Å². The maximum atomic E-state index is 12.5. The van der Waals surface area contributed by atoms with Crippen LogP contribution in [0.1, 0.15) is 23.2 Å². The van der Waals surface area contributed by atoms with Gasteiger partial charge in [0.15, 0.2) is 0 Å². The van der Waals surface area contributed by atoms with Gasteiger partial charge >= 0.3 is 0 Å². The number of hydrogen-bond acceptors (Lipinski definition) is 3. The molecule has 0 spiro atoms. The van der Waals surface area contributed by atoms with Crippen molar-refractivity contribution >= 4 is 28.4 Å². The summed E-state index contributed by atoms with van der Waals surface area (Å²) in [7, 11) is 0. The Morgan fingerprint density at radius 3 is 2.85 bits per heavy atom. The van der Waals surface area contributed by atoms with Crippen LogP contribution in [0, 0.1) is 0 Å². The van der Waals surface area contributed by atoms with Crippen LogP contribution in [-0.4, -0.2) is 40.1 Å². The molecule has 104 valence electrons. The Morgan fingerprint density at radius 1 is 1.35 bits per heavy atom. The van der Waals surface area contributed by atoms with E-state index < -0.39 is 0 Å². The summed E-state index contributed by atoms with van der Waals surface area (Å²) in [5, 5.41) is 10.4. The van der Waals surface area contributed by atoms with Crippen molar-refractivity contribution in [2.75, 3.05) is 13.2 Å². The Labute approximate surface area is 122 Å². The number of aromatic nitrogens is 1. The lowest BCUT2D eigenvalue weighted by Crippen LogP contribution is -2.35. The van der Waals surface area contributed by atoms with E-state index >= 15 is 0 Å². The van der Waals surface area contributed by atoms with Crippen molar-refractivity contribution in [3.05, 3.63) is 41.0 Å². The molecule has 5 heteroatoms. The summed E-state index contributed by atoms with van der Waals surface area (Å²) >= 11 is 5.85. The van der Waals surface area contributed by atoms with Crippen molar-refractivity contribution in [3.8, 4) is 0 Å². The van der Waals surface area contributed by atoms with Crippen LogP contribution in [-0.2, 0) is 0 Å². The number of aliphatic hydroxyl groups excluding tert-OH is 1. The zero-order valence-corrected chi connectivity index (χ0v) is 11.7.